The maximum Gasteiger partial charge on any atom is 0.410 e. The Bertz CT molecular complexity index is 1340. The van der Waals surface area contributed by atoms with E-state index in [0.717, 1.165) is 39.2 Å². The molecule has 1 aliphatic heterocycles. The van der Waals surface area contributed by atoms with Gasteiger partial charge in [-0.05, 0) is 51.7 Å². The van der Waals surface area contributed by atoms with Gasteiger partial charge >= 0.3 is 6.09 Å². The molecule has 0 unspecified atom stereocenters. The highest BCUT2D eigenvalue weighted by Crippen LogP contribution is 2.43. The third kappa shape index (κ3) is 6.08. The third-order valence-corrected chi connectivity index (χ3v) is 8.23. The minimum atomic E-state index is -0.497. The molecule has 2 aliphatic rings. The standard InChI is InChI=1S/C28H37N7O3S/c1-28(2,3)38-27(37)35-14-12-34(13-15-35)19-10-11-21(29-16-19)31-26-30-17-20-23(32-26)22(18-8-6-7-9-18)24(39-20)25(36)33(4)5/h10-11,16-18H,6-9,12-15H2,1-5H3,(H,29,30,31,32). The molecule has 0 atom stereocenters. The van der Waals surface area contributed by atoms with Gasteiger partial charge in [0.2, 0.25) is 5.95 Å². The van der Waals surface area contributed by atoms with E-state index in [1.54, 1.807) is 30.1 Å². The summed E-state index contributed by atoms with van der Waals surface area (Å²) >= 11 is 1.49. The predicted molar refractivity (Wildman–Crippen MR) is 154 cm³/mol. The van der Waals surface area contributed by atoms with Crippen molar-refractivity contribution in [2.24, 2.45) is 0 Å². The number of anilines is 3. The average molecular weight is 552 g/mol. The van der Waals surface area contributed by atoms with Gasteiger partial charge < -0.3 is 24.8 Å². The fourth-order valence-corrected chi connectivity index (χ4v) is 6.38. The minimum Gasteiger partial charge on any atom is -0.444 e. The third-order valence-electron chi connectivity index (χ3n) is 7.12. The van der Waals surface area contributed by atoms with Gasteiger partial charge in [-0.15, -0.1) is 11.3 Å². The van der Waals surface area contributed by atoms with Crippen LogP contribution in [0.5, 0.6) is 0 Å². The van der Waals surface area contributed by atoms with Crippen LogP contribution in [0.3, 0.4) is 0 Å². The molecular weight excluding hydrogens is 514 g/mol. The van der Waals surface area contributed by atoms with Gasteiger partial charge in [0.05, 0.1) is 33.2 Å². The molecule has 11 heteroatoms. The first-order valence-corrected chi connectivity index (χ1v) is 14.4. The van der Waals surface area contributed by atoms with Crippen LogP contribution >= 0.6 is 11.3 Å². The number of ether oxygens (including phenoxy) is 1. The minimum absolute atomic E-state index is 0.0265. The summed E-state index contributed by atoms with van der Waals surface area (Å²) in [7, 11) is 3.58. The highest BCUT2D eigenvalue weighted by molar-refractivity contribution is 7.21. The molecule has 39 heavy (non-hydrogen) atoms. The number of rotatable bonds is 5. The number of hydrogen-bond donors (Lipinski definition) is 1. The van der Waals surface area contributed by atoms with Crippen LogP contribution in [0.1, 0.15) is 67.6 Å². The highest BCUT2D eigenvalue weighted by atomic mass is 32.1. The van der Waals surface area contributed by atoms with E-state index in [1.807, 2.05) is 39.1 Å². The topological polar surface area (TPSA) is 104 Å². The van der Waals surface area contributed by atoms with E-state index in [1.165, 1.54) is 24.2 Å². The summed E-state index contributed by atoms with van der Waals surface area (Å²) in [6.07, 6.45) is 7.89. The van der Waals surface area contributed by atoms with Gasteiger partial charge in [-0.1, -0.05) is 12.8 Å². The lowest BCUT2D eigenvalue weighted by molar-refractivity contribution is 0.0240. The van der Waals surface area contributed by atoms with Crippen molar-refractivity contribution in [3.8, 4) is 0 Å². The molecule has 1 saturated carbocycles. The van der Waals surface area contributed by atoms with Crippen molar-refractivity contribution in [2.75, 3.05) is 50.5 Å². The Hall–Kier alpha value is -3.47. The van der Waals surface area contributed by atoms with Gasteiger partial charge in [-0.25, -0.2) is 19.7 Å². The first kappa shape index (κ1) is 27.1. The summed E-state index contributed by atoms with van der Waals surface area (Å²) in [4.78, 5) is 45.7. The number of carbonyl (C=O) groups is 2. The fourth-order valence-electron chi connectivity index (χ4n) is 5.16. The number of nitrogens with one attached hydrogen (secondary N) is 1. The summed E-state index contributed by atoms with van der Waals surface area (Å²) in [6, 6.07) is 3.93. The molecule has 0 radical (unpaired) electrons. The Morgan fingerprint density at radius 1 is 1.05 bits per heavy atom. The van der Waals surface area contributed by atoms with E-state index < -0.39 is 5.60 Å². The number of hydrogen-bond acceptors (Lipinski definition) is 9. The second kappa shape index (κ2) is 11.0. The summed E-state index contributed by atoms with van der Waals surface area (Å²) in [6.45, 7) is 8.26. The van der Waals surface area contributed by atoms with Crippen molar-refractivity contribution < 1.29 is 14.3 Å². The lowest BCUT2D eigenvalue weighted by Gasteiger charge is -2.36. The number of nitrogens with zero attached hydrogens (tertiary/aromatic N) is 6. The number of piperazine rings is 1. The molecule has 10 nitrogen and oxygen atoms in total. The number of pyridine rings is 1. The lowest BCUT2D eigenvalue weighted by atomic mass is 9.96. The maximum absolute atomic E-state index is 13.0. The smallest absolute Gasteiger partial charge is 0.410 e. The van der Waals surface area contributed by atoms with Crippen molar-refractivity contribution >= 4 is 51.0 Å². The Morgan fingerprint density at radius 3 is 2.38 bits per heavy atom. The van der Waals surface area contributed by atoms with Crippen molar-refractivity contribution in [1.29, 1.82) is 0 Å². The Labute approximate surface area is 233 Å². The summed E-state index contributed by atoms with van der Waals surface area (Å²) in [5, 5.41) is 3.24. The second-order valence-corrected chi connectivity index (χ2v) is 12.5. The maximum atomic E-state index is 13.0. The van der Waals surface area contributed by atoms with Crippen LogP contribution < -0.4 is 10.2 Å². The van der Waals surface area contributed by atoms with Gasteiger partial charge in [-0.2, -0.15) is 0 Å². The molecule has 5 rings (SSSR count). The van der Waals surface area contributed by atoms with Gasteiger partial charge in [0, 0.05) is 45.8 Å². The normalized spacial score (nSPS) is 16.5. The molecule has 2 fully saturated rings. The molecule has 3 aromatic rings. The van der Waals surface area contributed by atoms with Crippen molar-refractivity contribution in [3.63, 3.8) is 0 Å². The summed E-state index contributed by atoms with van der Waals surface area (Å²) in [5.41, 5.74) is 2.44. The molecule has 3 aromatic heterocycles. The summed E-state index contributed by atoms with van der Waals surface area (Å²) < 4.78 is 6.43. The zero-order chi connectivity index (χ0) is 27.7. The van der Waals surface area contributed by atoms with Crippen molar-refractivity contribution in [2.45, 2.75) is 58.0 Å². The van der Waals surface area contributed by atoms with Crippen LogP contribution in [0.2, 0.25) is 0 Å². The number of fused-ring (bicyclic) bond motifs is 1. The molecule has 1 aliphatic carbocycles. The van der Waals surface area contributed by atoms with Crippen LogP contribution in [0.15, 0.2) is 24.5 Å². The van der Waals surface area contributed by atoms with Crippen molar-refractivity contribution in [3.05, 3.63) is 35.0 Å². The van der Waals surface area contributed by atoms with Crippen LogP contribution in [-0.2, 0) is 4.74 Å². The van der Waals surface area contributed by atoms with Crippen LogP contribution in [0.4, 0.5) is 22.2 Å². The summed E-state index contributed by atoms with van der Waals surface area (Å²) in [5.74, 6) is 1.49. The molecular formula is C28H37N7O3S. The van der Waals surface area contributed by atoms with E-state index in [4.69, 9.17) is 9.72 Å². The molecule has 0 aromatic carbocycles. The highest BCUT2D eigenvalue weighted by Gasteiger charge is 2.29. The van der Waals surface area contributed by atoms with Gasteiger partial charge in [0.15, 0.2) is 0 Å². The Morgan fingerprint density at radius 2 is 1.77 bits per heavy atom. The quantitative estimate of drug-likeness (QED) is 0.459. The molecule has 0 bridgehead atoms. The molecule has 0 spiro atoms. The second-order valence-electron chi connectivity index (χ2n) is 11.4. The molecule has 4 heterocycles. The first-order chi connectivity index (χ1) is 18.6. The zero-order valence-corrected chi connectivity index (χ0v) is 24.2. The molecule has 1 N–H and O–H groups in total. The molecule has 2 amide bonds. The number of aromatic nitrogens is 3. The molecule has 208 valence electrons. The lowest BCUT2D eigenvalue weighted by Crippen LogP contribution is -2.50. The average Bonchev–Trinajstić information content (AvgIpc) is 3.55. The predicted octanol–water partition coefficient (Wildman–Crippen LogP) is 5.25. The Balaban J connectivity index is 1.28. The number of carbonyl (C=O) groups excluding carboxylic acids is 2. The van der Waals surface area contributed by atoms with Gasteiger partial charge in [0.1, 0.15) is 11.4 Å². The van der Waals surface area contributed by atoms with E-state index in [9.17, 15) is 9.59 Å². The van der Waals surface area contributed by atoms with Gasteiger partial charge in [0.25, 0.3) is 5.91 Å². The number of amides is 2. The number of thiophene rings is 1. The fraction of sp³-hybridized carbons (Fsp3) is 0.536. The first-order valence-electron chi connectivity index (χ1n) is 13.6. The van der Waals surface area contributed by atoms with E-state index in [2.05, 4.69) is 20.2 Å². The largest absolute Gasteiger partial charge is 0.444 e. The Kier molecular flexibility index (Phi) is 7.61. The van der Waals surface area contributed by atoms with Crippen molar-refractivity contribution in [1.82, 2.24) is 24.8 Å². The SMILES string of the molecule is CN(C)C(=O)c1sc2cnc(Nc3ccc(N4CCN(C(=O)OC(C)(C)C)CC4)cn3)nc2c1C1CCCC1. The van der Waals surface area contributed by atoms with E-state index in [-0.39, 0.29) is 12.0 Å². The van der Waals surface area contributed by atoms with E-state index >= 15 is 0 Å². The molecule has 1 saturated heterocycles. The van der Waals surface area contributed by atoms with E-state index in [0.29, 0.717) is 43.9 Å². The van der Waals surface area contributed by atoms with Crippen LogP contribution in [-0.4, -0.2) is 82.6 Å². The zero-order valence-electron chi connectivity index (χ0n) is 23.4. The van der Waals surface area contributed by atoms with Crippen LogP contribution in [0.25, 0.3) is 10.2 Å². The van der Waals surface area contributed by atoms with Crippen LogP contribution in [0, 0.1) is 0 Å². The monoisotopic (exact) mass is 551 g/mol. The van der Waals surface area contributed by atoms with Gasteiger partial charge in [-0.3, -0.25) is 4.79 Å².